The Balaban J connectivity index is 2.85. The Kier molecular flexibility index (Phi) is 5.82. The standard InChI is InChI=1S/C15H20F3NO3/c1-14(2,3)12(10-7-5-4-6-8-10)22-13(21)19-11(9-20)15(16,17)18/h4-8,11-12,20H,9H2,1-3H3,(H,19,21). The summed E-state index contributed by atoms with van der Waals surface area (Å²) in [4.78, 5) is 11.7. The number of hydrogen-bond donors (Lipinski definition) is 2. The molecule has 22 heavy (non-hydrogen) atoms. The Labute approximate surface area is 127 Å². The number of nitrogens with one attached hydrogen (secondary N) is 1. The first-order chi connectivity index (χ1) is 10.1. The predicted octanol–water partition coefficient (Wildman–Crippen LogP) is 3.42. The van der Waals surface area contributed by atoms with Crippen LogP contribution in [-0.2, 0) is 4.74 Å². The highest BCUT2D eigenvalue weighted by molar-refractivity contribution is 5.68. The molecule has 0 saturated heterocycles. The van der Waals surface area contributed by atoms with Gasteiger partial charge in [0.1, 0.15) is 6.10 Å². The predicted molar refractivity (Wildman–Crippen MR) is 75.2 cm³/mol. The van der Waals surface area contributed by atoms with Crippen LogP contribution in [0.1, 0.15) is 32.4 Å². The fourth-order valence-electron chi connectivity index (χ4n) is 1.89. The van der Waals surface area contributed by atoms with Crippen molar-refractivity contribution in [2.24, 2.45) is 5.41 Å². The van der Waals surface area contributed by atoms with E-state index >= 15 is 0 Å². The average Bonchev–Trinajstić information content (AvgIpc) is 2.40. The van der Waals surface area contributed by atoms with Gasteiger partial charge in [0.25, 0.3) is 0 Å². The van der Waals surface area contributed by atoms with Crippen molar-refractivity contribution in [3.8, 4) is 0 Å². The first-order valence-corrected chi connectivity index (χ1v) is 6.75. The number of halogens is 3. The fourth-order valence-corrected chi connectivity index (χ4v) is 1.89. The highest BCUT2D eigenvalue weighted by Crippen LogP contribution is 2.36. The third-order valence-corrected chi connectivity index (χ3v) is 2.98. The number of carbonyl (C=O) groups is 1. The lowest BCUT2D eigenvalue weighted by Gasteiger charge is -2.31. The van der Waals surface area contributed by atoms with E-state index in [4.69, 9.17) is 9.84 Å². The van der Waals surface area contributed by atoms with E-state index in [0.29, 0.717) is 5.56 Å². The second-order valence-electron chi connectivity index (χ2n) is 5.98. The van der Waals surface area contributed by atoms with E-state index in [2.05, 4.69) is 0 Å². The highest BCUT2D eigenvalue weighted by Gasteiger charge is 2.41. The Bertz CT molecular complexity index is 483. The summed E-state index contributed by atoms with van der Waals surface area (Å²) in [5, 5.41) is 10.4. The molecule has 0 aliphatic carbocycles. The lowest BCUT2D eigenvalue weighted by atomic mass is 9.84. The van der Waals surface area contributed by atoms with Crippen LogP contribution in [0.15, 0.2) is 30.3 Å². The van der Waals surface area contributed by atoms with Gasteiger partial charge in [0.2, 0.25) is 0 Å². The van der Waals surface area contributed by atoms with Crippen LogP contribution in [0, 0.1) is 5.41 Å². The van der Waals surface area contributed by atoms with Crippen LogP contribution in [0.25, 0.3) is 0 Å². The van der Waals surface area contributed by atoms with Crippen molar-refractivity contribution in [2.45, 2.75) is 39.1 Å². The van der Waals surface area contributed by atoms with Gasteiger partial charge in [-0.1, -0.05) is 51.1 Å². The summed E-state index contributed by atoms with van der Waals surface area (Å²) in [7, 11) is 0. The van der Waals surface area contributed by atoms with Gasteiger partial charge in [0, 0.05) is 5.41 Å². The Morgan fingerprint density at radius 1 is 1.23 bits per heavy atom. The van der Waals surface area contributed by atoms with E-state index in [-0.39, 0.29) is 0 Å². The zero-order chi connectivity index (χ0) is 17.0. The number of ether oxygens (including phenoxy) is 1. The summed E-state index contributed by atoms with van der Waals surface area (Å²) in [5.41, 5.74) is 0.170. The van der Waals surface area contributed by atoms with E-state index < -0.39 is 36.4 Å². The van der Waals surface area contributed by atoms with E-state index in [9.17, 15) is 18.0 Å². The smallest absolute Gasteiger partial charge is 0.410 e. The van der Waals surface area contributed by atoms with Crippen LogP contribution in [0.2, 0.25) is 0 Å². The molecule has 0 aromatic heterocycles. The number of rotatable bonds is 4. The normalized spacial score (nSPS) is 15.0. The van der Waals surface area contributed by atoms with E-state index in [1.165, 1.54) is 0 Å². The maximum atomic E-state index is 12.5. The van der Waals surface area contributed by atoms with Crippen LogP contribution in [0.5, 0.6) is 0 Å². The summed E-state index contributed by atoms with van der Waals surface area (Å²) < 4.78 is 42.8. The summed E-state index contributed by atoms with van der Waals surface area (Å²) in [6, 6.07) is 6.40. The number of aliphatic hydroxyl groups is 1. The number of amides is 1. The molecule has 2 N–H and O–H groups in total. The number of hydrogen-bond acceptors (Lipinski definition) is 3. The second-order valence-corrected chi connectivity index (χ2v) is 5.98. The number of carbonyl (C=O) groups excluding carboxylic acids is 1. The van der Waals surface area contributed by atoms with Crippen molar-refractivity contribution in [3.63, 3.8) is 0 Å². The molecule has 0 aliphatic heterocycles. The van der Waals surface area contributed by atoms with Crippen molar-refractivity contribution in [2.75, 3.05) is 6.61 Å². The van der Waals surface area contributed by atoms with Crippen LogP contribution in [0.4, 0.5) is 18.0 Å². The lowest BCUT2D eigenvalue weighted by molar-refractivity contribution is -0.162. The monoisotopic (exact) mass is 319 g/mol. The molecule has 0 bridgehead atoms. The molecular weight excluding hydrogens is 299 g/mol. The minimum absolute atomic E-state index is 0.508. The van der Waals surface area contributed by atoms with Crippen LogP contribution < -0.4 is 5.32 Å². The molecule has 1 aromatic rings. The molecule has 7 heteroatoms. The number of benzene rings is 1. The van der Waals surface area contributed by atoms with Crippen molar-refractivity contribution in [1.82, 2.24) is 5.32 Å². The Morgan fingerprint density at radius 3 is 2.18 bits per heavy atom. The lowest BCUT2D eigenvalue weighted by Crippen LogP contribution is -2.48. The van der Waals surface area contributed by atoms with Crippen molar-refractivity contribution < 1.29 is 27.8 Å². The molecule has 2 unspecified atom stereocenters. The van der Waals surface area contributed by atoms with Gasteiger partial charge in [0.05, 0.1) is 6.61 Å². The topological polar surface area (TPSA) is 58.6 Å². The van der Waals surface area contributed by atoms with E-state index in [1.54, 1.807) is 35.6 Å². The van der Waals surface area contributed by atoms with Crippen LogP contribution >= 0.6 is 0 Å². The average molecular weight is 319 g/mol. The molecule has 1 aromatic carbocycles. The van der Waals surface area contributed by atoms with Gasteiger partial charge >= 0.3 is 12.3 Å². The van der Waals surface area contributed by atoms with Gasteiger partial charge < -0.3 is 15.2 Å². The first-order valence-electron chi connectivity index (χ1n) is 6.75. The molecule has 0 heterocycles. The van der Waals surface area contributed by atoms with Crippen molar-refractivity contribution in [3.05, 3.63) is 35.9 Å². The fraction of sp³-hybridized carbons (Fsp3) is 0.533. The molecule has 1 amide bonds. The molecule has 0 saturated carbocycles. The summed E-state index contributed by atoms with van der Waals surface area (Å²) in [6.07, 6.45) is -6.68. The number of aliphatic hydroxyl groups excluding tert-OH is 1. The zero-order valence-corrected chi connectivity index (χ0v) is 12.6. The molecule has 0 fully saturated rings. The van der Waals surface area contributed by atoms with Crippen molar-refractivity contribution >= 4 is 6.09 Å². The van der Waals surface area contributed by atoms with Crippen LogP contribution in [-0.4, -0.2) is 30.0 Å². The maximum Gasteiger partial charge on any atom is 0.410 e. The minimum atomic E-state index is -4.74. The van der Waals surface area contributed by atoms with Crippen molar-refractivity contribution in [1.29, 1.82) is 0 Å². The third kappa shape index (κ3) is 5.22. The molecule has 124 valence electrons. The molecule has 0 spiro atoms. The molecule has 0 radical (unpaired) electrons. The quantitative estimate of drug-likeness (QED) is 0.894. The molecular formula is C15H20F3NO3. The van der Waals surface area contributed by atoms with Gasteiger partial charge in [-0.2, -0.15) is 13.2 Å². The summed E-state index contributed by atoms with van der Waals surface area (Å²) >= 11 is 0. The molecule has 2 atom stereocenters. The maximum absolute atomic E-state index is 12.5. The highest BCUT2D eigenvalue weighted by atomic mass is 19.4. The number of alkyl carbamates (subject to hydrolysis) is 1. The SMILES string of the molecule is CC(C)(C)C(OC(=O)NC(CO)C(F)(F)F)c1ccccc1. The van der Waals surface area contributed by atoms with Gasteiger partial charge in [-0.3, -0.25) is 0 Å². The van der Waals surface area contributed by atoms with E-state index in [0.717, 1.165) is 0 Å². The largest absolute Gasteiger partial charge is 0.441 e. The first kappa shape index (κ1) is 18.3. The van der Waals surface area contributed by atoms with Gasteiger partial charge in [-0.25, -0.2) is 4.79 Å². The zero-order valence-electron chi connectivity index (χ0n) is 12.6. The third-order valence-electron chi connectivity index (χ3n) is 2.98. The Hall–Kier alpha value is -1.76. The number of alkyl halides is 3. The summed E-state index contributed by atoms with van der Waals surface area (Å²) in [5.74, 6) is 0. The van der Waals surface area contributed by atoms with E-state index in [1.807, 2.05) is 20.8 Å². The van der Waals surface area contributed by atoms with Gasteiger partial charge in [0.15, 0.2) is 6.04 Å². The molecule has 1 rings (SSSR count). The molecule has 0 aliphatic rings. The Morgan fingerprint density at radius 2 is 1.77 bits per heavy atom. The van der Waals surface area contributed by atoms with Crippen LogP contribution in [0.3, 0.4) is 0 Å². The molecule has 4 nitrogen and oxygen atoms in total. The van der Waals surface area contributed by atoms with Gasteiger partial charge in [-0.05, 0) is 5.56 Å². The second kappa shape index (κ2) is 7.00. The summed E-state index contributed by atoms with van der Waals surface area (Å²) in [6.45, 7) is 4.19. The van der Waals surface area contributed by atoms with Gasteiger partial charge in [-0.15, -0.1) is 0 Å². The minimum Gasteiger partial charge on any atom is -0.441 e.